The third-order valence-corrected chi connectivity index (χ3v) is 10.2. The van der Waals surface area contributed by atoms with Crippen molar-refractivity contribution in [2.75, 3.05) is 0 Å². The van der Waals surface area contributed by atoms with Crippen LogP contribution in [0.1, 0.15) is 11.1 Å². The highest BCUT2D eigenvalue weighted by molar-refractivity contribution is 5.86. The molecule has 0 atom stereocenters. The lowest BCUT2D eigenvalue weighted by atomic mass is 10.00. The molecule has 0 amide bonds. The van der Waals surface area contributed by atoms with Crippen LogP contribution in [-0.2, 0) is 6.42 Å². The maximum Gasteiger partial charge on any atom is 0.164 e. The topological polar surface area (TPSA) is 64.5 Å². The molecule has 258 valence electrons. The number of benzene rings is 7. The summed E-state index contributed by atoms with van der Waals surface area (Å²) in [6.45, 7) is 0. The van der Waals surface area contributed by atoms with Crippen molar-refractivity contribution in [3.8, 4) is 90.3 Å². The van der Waals surface area contributed by atoms with E-state index in [0.29, 0.717) is 23.3 Å². The summed E-state index contributed by atoms with van der Waals surface area (Å²) in [7, 11) is 0. The highest BCUT2D eigenvalue weighted by Crippen LogP contribution is 2.43. The van der Waals surface area contributed by atoms with Gasteiger partial charge in [0.2, 0.25) is 0 Å². The molecule has 0 radical (unpaired) electrons. The Morgan fingerprint density at radius 3 is 1.24 bits per heavy atom. The second-order valence-corrected chi connectivity index (χ2v) is 13.7. The van der Waals surface area contributed by atoms with E-state index in [2.05, 4.69) is 133 Å². The van der Waals surface area contributed by atoms with Crippen LogP contribution in [0.3, 0.4) is 0 Å². The monoisotopic (exact) mass is 703 g/mol. The van der Waals surface area contributed by atoms with Crippen molar-refractivity contribution in [2.45, 2.75) is 6.42 Å². The van der Waals surface area contributed by atoms with E-state index < -0.39 is 0 Å². The molecule has 0 unspecified atom stereocenters. The van der Waals surface area contributed by atoms with Crippen LogP contribution in [0.5, 0.6) is 0 Å². The van der Waals surface area contributed by atoms with E-state index in [0.717, 1.165) is 67.9 Å². The summed E-state index contributed by atoms with van der Waals surface area (Å²) >= 11 is 0. The fraction of sp³-hybridized carbons (Fsp3) is 0.0200. The Bertz CT molecular complexity index is 2820. The average Bonchev–Trinajstić information content (AvgIpc) is 3.65. The van der Waals surface area contributed by atoms with Gasteiger partial charge < -0.3 is 0 Å². The van der Waals surface area contributed by atoms with Gasteiger partial charge in [-0.3, -0.25) is 0 Å². The number of aromatic nitrogens is 5. The summed E-state index contributed by atoms with van der Waals surface area (Å²) < 4.78 is 0. The van der Waals surface area contributed by atoms with Gasteiger partial charge in [0.15, 0.2) is 23.3 Å². The summed E-state index contributed by atoms with van der Waals surface area (Å²) in [4.78, 5) is 25.7. The zero-order chi connectivity index (χ0) is 36.6. The van der Waals surface area contributed by atoms with Crippen molar-refractivity contribution in [1.29, 1.82) is 0 Å². The minimum Gasteiger partial charge on any atom is -0.228 e. The lowest BCUT2D eigenvalue weighted by Crippen LogP contribution is -2.01. The molecule has 1 aliphatic rings. The highest BCUT2D eigenvalue weighted by Gasteiger charge is 2.27. The zero-order valence-electron chi connectivity index (χ0n) is 29.8. The van der Waals surface area contributed by atoms with Gasteiger partial charge in [0.05, 0.1) is 11.4 Å². The molecule has 1 aliphatic carbocycles. The van der Waals surface area contributed by atoms with Crippen LogP contribution in [0, 0.1) is 0 Å². The molecule has 0 spiro atoms. The van der Waals surface area contributed by atoms with E-state index in [1.165, 1.54) is 16.7 Å². The van der Waals surface area contributed by atoms with Crippen LogP contribution in [0.2, 0.25) is 0 Å². The Balaban J connectivity index is 1.12. The van der Waals surface area contributed by atoms with Crippen molar-refractivity contribution in [3.05, 3.63) is 199 Å². The van der Waals surface area contributed by atoms with Gasteiger partial charge in [-0.25, -0.2) is 24.9 Å². The summed E-state index contributed by atoms with van der Waals surface area (Å²) in [5.74, 6) is 2.53. The third-order valence-electron chi connectivity index (χ3n) is 10.2. The predicted octanol–water partition coefficient (Wildman–Crippen LogP) is 11.9. The Labute approximate surface area is 319 Å². The lowest BCUT2D eigenvalue weighted by Gasteiger charge is -2.13. The molecule has 0 fully saturated rings. The maximum atomic E-state index is 5.29. The summed E-state index contributed by atoms with van der Waals surface area (Å²) in [5.41, 5.74) is 14.7. The Hall–Kier alpha value is -7.37. The van der Waals surface area contributed by atoms with E-state index in [1.54, 1.807) is 0 Å². The van der Waals surface area contributed by atoms with Crippen LogP contribution < -0.4 is 0 Å². The SMILES string of the molecule is c1ccc(-c2cccc(-c3nc(-c4ccccc4)nc(-c4cccc(-c5nc(-c6ccccc6)nc6c5Cc5ccc(-c7ccccc7)cc5-6)c4)n3)c2)cc1. The van der Waals surface area contributed by atoms with Crippen LogP contribution in [0.15, 0.2) is 188 Å². The van der Waals surface area contributed by atoms with E-state index in [-0.39, 0.29) is 0 Å². The molecule has 0 aliphatic heterocycles. The summed E-state index contributed by atoms with van der Waals surface area (Å²) in [6, 6.07) is 64.8. The Kier molecular flexibility index (Phi) is 8.15. The second kappa shape index (κ2) is 13.9. The molecule has 0 N–H and O–H groups in total. The minimum atomic E-state index is 0.598. The zero-order valence-corrected chi connectivity index (χ0v) is 29.8. The summed E-state index contributed by atoms with van der Waals surface area (Å²) in [6.07, 6.45) is 0.750. The van der Waals surface area contributed by atoms with Crippen LogP contribution in [0.4, 0.5) is 0 Å². The number of hydrogen-bond acceptors (Lipinski definition) is 5. The summed E-state index contributed by atoms with van der Waals surface area (Å²) in [5, 5.41) is 0. The molecule has 0 bridgehead atoms. The average molecular weight is 704 g/mol. The van der Waals surface area contributed by atoms with Gasteiger partial charge in [0, 0.05) is 45.4 Å². The molecule has 5 nitrogen and oxygen atoms in total. The van der Waals surface area contributed by atoms with Gasteiger partial charge in [-0.05, 0) is 46.0 Å². The predicted molar refractivity (Wildman–Crippen MR) is 222 cm³/mol. The van der Waals surface area contributed by atoms with Gasteiger partial charge in [0.25, 0.3) is 0 Å². The Morgan fingerprint density at radius 1 is 0.273 bits per heavy atom. The van der Waals surface area contributed by atoms with Crippen LogP contribution >= 0.6 is 0 Å². The van der Waals surface area contributed by atoms with Crippen molar-refractivity contribution in [3.63, 3.8) is 0 Å². The molecule has 0 saturated heterocycles. The van der Waals surface area contributed by atoms with Gasteiger partial charge in [-0.2, -0.15) is 0 Å². The largest absolute Gasteiger partial charge is 0.228 e. The van der Waals surface area contributed by atoms with Crippen LogP contribution in [-0.4, -0.2) is 24.9 Å². The van der Waals surface area contributed by atoms with Crippen molar-refractivity contribution < 1.29 is 0 Å². The second-order valence-electron chi connectivity index (χ2n) is 13.7. The van der Waals surface area contributed by atoms with Gasteiger partial charge in [-0.1, -0.05) is 170 Å². The standard InChI is InChI=1S/C50H33N5/c1-5-15-33(16-6-1)37-23-13-25-41(29-37)49-53-48(36-21-11-4-12-22-36)54-50(55-49)42-26-14-24-40(30-42)45-44-32-39-28-27-38(34-17-7-2-8-18-34)31-43(39)46(44)52-47(51-45)35-19-9-3-10-20-35/h1-31H,32H2. The number of hydrogen-bond donors (Lipinski definition) is 0. The van der Waals surface area contributed by atoms with Crippen LogP contribution in [0.25, 0.3) is 90.3 Å². The van der Waals surface area contributed by atoms with E-state index >= 15 is 0 Å². The maximum absolute atomic E-state index is 5.29. The molecule has 7 aromatic carbocycles. The molecule has 10 rings (SSSR count). The molecule has 0 saturated carbocycles. The highest BCUT2D eigenvalue weighted by atomic mass is 15.0. The first-order valence-corrected chi connectivity index (χ1v) is 18.5. The lowest BCUT2D eigenvalue weighted by molar-refractivity contribution is 1.07. The third kappa shape index (κ3) is 6.28. The Morgan fingerprint density at radius 2 is 0.673 bits per heavy atom. The molecule has 2 aromatic heterocycles. The van der Waals surface area contributed by atoms with Gasteiger partial charge in [0.1, 0.15) is 0 Å². The molecule has 55 heavy (non-hydrogen) atoms. The smallest absolute Gasteiger partial charge is 0.164 e. The first-order chi connectivity index (χ1) is 27.2. The molecule has 5 heteroatoms. The van der Waals surface area contributed by atoms with Crippen molar-refractivity contribution in [2.24, 2.45) is 0 Å². The van der Waals surface area contributed by atoms with Gasteiger partial charge in [-0.15, -0.1) is 0 Å². The number of rotatable bonds is 7. The van der Waals surface area contributed by atoms with Crippen molar-refractivity contribution in [1.82, 2.24) is 24.9 Å². The van der Waals surface area contributed by atoms with E-state index in [4.69, 9.17) is 24.9 Å². The normalized spacial score (nSPS) is 11.6. The van der Waals surface area contributed by atoms with Gasteiger partial charge >= 0.3 is 0 Å². The first kappa shape index (κ1) is 32.3. The fourth-order valence-corrected chi connectivity index (χ4v) is 7.41. The molecule has 9 aromatic rings. The first-order valence-electron chi connectivity index (χ1n) is 18.5. The van der Waals surface area contributed by atoms with E-state index in [9.17, 15) is 0 Å². The number of nitrogens with zero attached hydrogens (tertiary/aromatic N) is 5. The van der Waals surface area contributed by atoms with E-state index in [1.807, 2.05) is 54.6 Å². The minimum absolute atomic E-state index is 0.598. The molecular weight excluding hydrogens is 671 g/mol. The number of fused-ring (bicyclic) bond motifs is 3. The quantitative estimate of drug-likeness (QED) is 0.165. The molecular formula is C50H33N5. The van der Waals surface area contributed by atoms with Crippen molar-refractivity contribution >= 4 is 0 Å². The molecule has 2 heterocycles. The fourth-order valence-electron chi connectivity index (χ4n) is 7.41.